The lowest BCUT2D eigenvalue weighted by Gasteiger charge is -2.52. The molecule has 0 radical (unpaired) electrons. The van der Waals surface area contributed by atoms with E-state index in [9.17, 15) is 28.1 Å². The number of nitro groups is 1. The number of nitro benzene ring substituents is 1. The third kappa shape index (κ3) is 6.34. The summed E-state index contributed by atoms with van der Waals surface area (Å²) in [7, 11) is -4.32. The second kappa shape index (κ2) is 12.6. The maximum absolute atomic E-state index is 13.6. The average Bonchev–Trinajstić information content (AvgIpc) is 2.94. The predicted molar refractivity (Wildman–Crippen MR) is 147 cm³/mol. The molecule has 216 valence electrons. The highest BCUT2D eigenvalue weighted by Crippen LogP contribution is 2.36. The van der Waals surface area contributed by atoms with E-state index in [0.29, 0.717) is 29.7 Å². The molecule has 0 spiro atoms. The summed E-state index contributed by atoms with van der Waals surface area (Å²) in [6, 6.07) is 11.6. The van der Waals surface area contributed by atoms with Gasteiger partial charge in [-0.3, -0.25) is 19.8 Å². The van der Waals surface area contributed by atoms with Crippen molar-refractivity contribution in [2.24, 2.45) is 0 Å². The Morgan fingerprint density at radius 1 is 1.02 bits per heavy atom. The van der Waals surface area contributed by atoms with Crippen LogP contribution in [-0.2, 0) is 35.2 Å². The van der Waals surface area contributed by atoms with Gasteiger partial charge >= 0.3 is 16.1 Å². The van der Waals surface area contributed by atoms with Crippen molar-refractivity contribution in [3.63, 3.8) is 0 Å². The molecule has 0 N–H and O–H groups in total. The molecule has 1 saturated heterocycles. The molecule has 1 fully saturated rings. The molecule has 2 aromatic carbocycles. The second-order valence-corrected chi connectivity index (χ2v) is 11.1. The zero-order valence-corrected chi connectivity index (χ0v) is 24.3. The molecule has 3 rings (SSSR count). The van der Waals surface area contributed by atoms with Gasteiger partial charge in [-0.15, -0.1) is 0 Å². The summed E-state index contributed by atoms with van der Waals surface area (Å²) in [6.07, 6.45) is -0.216. The Hall–Kier alpha value is -3.77. The molecule has 0 aromatic heterocycles. The Kier molecular flexibility index (Phi) is 9.69. The monoisotopic (exact) mass is 574 g/mol. The maximum Gasteiger partial charge on any atom is 0.359 e. The molecule has 0 saturated carbocycles. The number of aryl methyl sites for hydroxylation is 1. The summed E-state index contributed by atoms with van der Waals surface area (Å²) in [5.74, 6) is -1.46. The fourth-order valence-corrected chi connectivity index (χ4v) is 5.87. The van der Waals surface area contributed by atoms with E-state index in [-0.39, 0.29) is 47.4 Å². The summed E-state index contributed by atoms with van der Waals surface area (Å²) in [5, 5.41) is 11.0. The Morgan fingerprint density at radius 3 is 2.08 bits per heavy atom. The molecule has 0 bridgehead atoms. The molecule has 1 amide bonds. The standard InChI is InChI=1S/C28H36N3O8S/c1-6-24(39-40(36,37)23-16-10-20(5)11-17-23)27(29-25(18-26(29)32)31(7-2,8-3)9-4)28(33)38-19-21-12-14-22(15-13-21)30(34)35/h10-17,25H,6-9,18-19H2,1-5H3/q+1. The number of non-ortho nitro benzene ring substituents is 1. The predicted octanol–water partition coefficient (Wildman–Crippen LogP) is 4.41. The van der Waals surface area contributed by atoms with E-state index < -0.39 is 27.2 Å². The normalized spacial score (nSPS) is 16.2. The summed E-state index contributed by atoms with van der Waals surface area (Å²) >= 11 is 0. The number of rotatable bonds is 13. The van der Waals surface area contributed by atoms with Gasteiger partial charge in [0.05, 0.1) is 24.6 Å². The van der Waals surface area contributed by atoms with Gasteiger partial charge in [-0.25, -0.2) is 4.79 Å². The number of β-lactam (4-membered cyclic amide) rings is 1. The van der Waals surface area contributed by atoms with Gasteiger partial charge in [0, 0.05) is 18.6 Å². The van der Waals surface area contributed by atoms with Gasteiger partial charge in [0.1, 0.15) is 17.9 Å². The number of carbonyl (C=O) groups is 2. The molecule has 1 aliphatic rings. The number of carbonyl (C=O) groups excluding carboxylic acids is 2. The smallest absolute Gasteiger partial charge is 0.359 e. The van der Waals surface area contributed by atoms with Crippen molar-refractivity contribution in [2.75, 3.05) is 19.6 Å². The SMILES string of the molecule is CCC(OS(=O)(=O)c1ccc(C)cc1)=C(C(=O)OCc1ccc([N+](=O)[O-])cc1)N1C(=O)CC1[N+](CC)(CC)CC. The Balaban J connectivity index is 2.04. The van der Waals surface area contributed by atoms with Crippen LogP contribution < -0.4 is 0 Å². The lowest BCUT2D eigenvalue weighted by Crippen LogP contribution is -2.70. The number of likely N-dealkylation sites (tertiary alicyclic amines) is 1. The summed E-state index contributed by atoms with van der Waals surface area (Å²) in [6.45, 7) is 11.3. The molecule has 2 aromatic rings. The number of allylic oxidation sites excluding steroid dienone is 1. The quantitative estimate of drug-likeness (QED) is 0.0502. The van der Waals surface area contributed by atoms with Crippen molar-refractivity contribution >= 4 is 27.7 Å². The van der Waals surface area contributed by atoms with Gasteiger partial charge < -0.3 is 13.4 Å². The van der Waals surface area contributed by atoms with Crippen LogP contribution in [0.3, 0.4) is 0 Å². The fraction of sp³-hybridized carbons (Fsp3) is 0.429. The highest BCUT2D eigenvalue weighted by molar-refractivity contribution is 7.86. The van der Waals surface area contributed by atoms with E-state index >= 15 is 0 Å². The Labute approximate surface area is 234 Å². The fourth-order valence-electron chi connectivity index (χ4n) is 4.84. The largest absolute Gasteiger partial charge is 0.456 e. The van der Waals surface area contributed by atoms with Gasteiger partial charge in [-0.1, -0.05) is 24.6 Å². The van der Waals surface area contributed by atoms with Crippen molar-refractivity contribution in [2.45, 2.75) is 65.1 Å². The zero-order valence-electron chi connectivity index (χ0n) is 23.5. The van der Waals surface area contributed by atoms with Crippen LogP contribution in [0.1, 0.15) is 51.7 Å². The van der Waals surface area contributed by atoms with Crippen LogP contribution in [0.5, 0.6) is 0 Å². The molecule has 1 atom stereocenters. The van der Waals surface area contributed by atoms with Crippen molar-refractivity contribution in [3.05, 3.63) is 81.2 Å². The van der Waals surface area contributed by atoms with Gasteiger partial charge in [0.2, 0.25) is 5.91 Å². The first-order chi connectivity index (χ1) is 18.9. The lowest BCUT2D eigenvalue weighted by molar-refractivity contribution is -0.958. The molecule has 11 nitrogen and oxygen atoms in total. The minimum absolute atomic E-state index is 0.00602. The van der Waals surface area contributed by atoms with E-state index in [0.717, 1.165) is 5.56 Å². The number of ether oxygens (including phenoxy) is 1. The molecule has 40 heavy (non-hydrogen) atoms. The second-order valence-electron chi connectivity index (χ2n) is 9.59. The van der Waals surface area contributed by atoms with Crippen molar-refractivity contribution in [1.82, 2.24) is 4.90 Å². The molecular weight excluding hydrogens is 538 g/mol. The first-order valence-corrected chi connectivity index (χ1v) is 14.7. The number of benzene rings is 2. The van der Waals surface area contributed by atoms with Crippen LogP contribution in [0.2, 0.25) is 0 Å². The van der Waals surface area contributed by atoms with Crippen molar-refractivity contribution < 1.29 is 36.3 Å². The van der Waals surface area contributed by atoms with E-state index in [2.05, 4.69) is 0 Å². The van der Waals surface area contributed by atoms with Crippen LogP contribution in [0.4, 0.5) is 5.69 Å². The average molecular weight is 575 g/mol. The number of nitrogens with zero attached hydrogens (tertiary/aromatic N) is 3. The number of quaternary nitrogens is 1. The molecular formula is C28H36N3O8S+. The Bertz CT molecular complexity index is 1370. The summed E-state index contributed by atoms with van der Waals surface area (Å²) < 4.78 is 38.0. The molecule has 1 unspecified atom stereocenters. The van der Waals surface area contributed by atoms with E-state index in [1.165, 1.54) is 41.3 Å². The summed E-state index contributed by atoms with van der Waals surface area (Å²) in [4.78, 5) is 38.3. The molecule has 1 aliphatic heterocycles. The third-order valence-electron chi connectivity index (χ3n) is 7.50. The Morgan fingerprint density at radius 2 is 1.60 bits per heavy atom. The van der Waals surface area contributed by atoms with Crippen LogP contribution in [-0.4, -0.2) is 60.4 Å². The first-order valence-electron chi connectivity index (χ1n) is 13.3. The van der Waals surface area contributed by atoms with E-state index in [1.807, 2.05) is 27.7 Å². The van der Waals surface area contributed by atoms with Crippen LogP contribution in [0, 0.1) is 17.0 Å². The van der Waals surface area contributed by atoms with Crippen molar-refractivity contribution in [3.8, 4) is 0 Å². The minimum Gasteiger partial charge on any atom is -0.456 e. The zero-order chi connectivity index (χ0) is 29.7. The molecule has 12 heteroatoms. The van der Waals surface area contributed by atoms with Crippen LogP contribution in [0.25, 0.3) is 0 Å². The van der Waals surface area contributed by atoms with Crippen LogP contribution >= 0.6 is 0 Å². The number of hydrogen-bond acceptors (Lipinski definition) is 8. The lowest BCUT2D eigenvalue weighted by atomic mass is 10.0. The highest BCUT2D eigenvalue weighted by atomic mass is 32.2. The molecule has 0 aliphatic carbocycles. The van der Waals surface area contributed by atoms with Crippen molar-refractivity contribution in [1.29, 1.82) is 0 Å². The first kappa shape index (κ1) is 30.8. The van der Waals surface area contributed by atoms with Gasteiger partial charge in [0.25, 0.3) is 5.69 Å². The van der Waals surface area contributed by atoms with E-state index in [4.69, 9.17) is 8.92 Å². The number of esters is 1. The van der Waals surface area contributed by atoms with E-state index in [1.54, 1.807) is 19.1 Å². The summed E-state index contributed by atoms with van der Waals surface area (Å²) in [5.41, 5.74) is 0.985. The molecule has 1 heterocycles. The number of amides is 1. The highest BCUT2D eigenvalue weighted by Gasteiger charge is 2.53. The maximum atomic E-state index is 13.6. The van der Waals surface area contributed by atoms with Crippen LogP contribution in [0.15, 0.2) is 64.9 Å². The number of hydrogen-bond donors (Lipinski definition) is 0. The van der Waals surface area contributed by atoms with Gasteiger partial charge in [-0.2, -0.15) is 8.42 Å². The topological polar surface area (TPSA) is 133 Å². The minimum atomic E-state index is -4.32. The van der Waals surface area contributed by atoms with Gasteiger partial charge in [-0.05, 0) is 57.5 Å². The van der Waals surface area contributed by atoms with Gasteiger partial charge in [0.15, 0.2) is 17.6 Å². The third-order valence-corrected chi connectivity index (χ3v) is 8.77.